The molecular weight excluding hydrogens is 364 g/mol. The van der Waals surface area contributed by atoms with Crippen molar-refractivity contribution in [2.45, 2.75) is 6.04 Å². The third kappa shape index (κ3) is 4.71. The molecule has 3 aromatic rings. The molecule has 0 radical (unpaired) electrons. The number of benzene rings is 3. The first kappa shape index (κ1) is 19.9. The number of hydrogen-bond acceptors (Lipinski definition) is 5. The number of methoxy groups -OCH3 is 1. The Morgan fingerprint density at radius 1 is 1.00 bits per heavy atom. The number of carbonyl (C=O) groups is 1. The van der Waals surface area contributed by atoms with Crippen LogP contribution in [0.2, 0.25) is 0 Å². The van der Waals surface area contributed by atoms with Crippen LogP contribution in [0.5, 0.6) is 5.75 Å². The monoisotopic (exact) mass is 386 g/mol. The largest absolute Gasteiger partial charge is 0.504 e. The molecule has 0 amide bonds. The molecule has 146 valence electrons. The maximum absolute atomic E-state index is 13.3. The first-order chi connectivity index (χ1) is 14.1. The molecule has 3 rings (SSSR count). The molecule has 0 spiro atoms. The van der Waals surface area contributed by atoms with Crippen LogP contribution >= 0.6 is 0 Å². The molecular formula is C24H22N2O3. The van der Waals surface area contributed by atoms with Gasteiger partial charge in [-0.05, 0) is 23.3 Å². The van der Waals surface area contributed by atoms with Crippen LogP contribution in [-0.4, -0.2) is 24.2 Å². The average molecular weight is 386 g/mol. The van der Waals surface area contributed by atoms with Crippen LogP contribution in [0, 0.1) is 5.41 Å². The summed E-state index contributed by atoms with van der Waals surface area (Å²) in [7, 11) is 1.57. The lowest BCUT2D eigenvalue weighted by molar-refractivity contribution is -0.118. The smallest absolute Gasteiger partial charge is 0.224 e. The average Bonchev–Trinajstić information content (AvgIpc) is 2.79. The molecule has 0 bridgehead atoms. The molecule has 0 saturated carbocycles. The molecule has 1 unspecified atom stereocenters. The lowest BCUT2D eigenvalue weighted by atomic mass is 9.96. The molecule has 29 heavy (non-hydrogen) atoms. The van der Waals surface area contributed by atoms with Crippen molar-refractivity contribution in [2.75, 3.05) is 12.4 Å². The third-order valence-electron chi connectivity index (χ3n) is 4.49. The standard InChI is InChI=1S/C24H22N2O3/c1-29-20-14-8-13-19(15-20)26-22(18-11-6-3-7-12-18)24(28)23(27)21(16-25)17-9-4-2-5-10-17/h2-16,22,25-27H,1H3/b23-21+,25-16?. The topological polar surface area (TPSA) is 82.4 Å². The van der Waals surface area contributed by atoms with E-state index in [0.29, 0.717) is 22.6 Å². The van der Waals surface area contributed by atoms with Crippen LogP contribution in [0.15, 0.2) is 90.7 Å². The van der Waals surface area contributed by atoms with Crippen LogP contribution in [0.25, 0.3) is 5.57 Å². The first-order valence-corrected chi connectivity index (χ1v) is 9.13. The first-order valence-electron chi connectivity index (χ1n) is 9.13. The Hall–Kier alpha value is -3.86. The highest BCUT2D eigenvalue weighted by atomic mass is 16.5. The molecule has 5 heteroatoms. The second-order valence-corrected chi connectivity index (χ2v) is 6.36. The van der Waals surface area contributed by atoms with E-state index in [0.717, 1.165) is 6.21 Å². The molecule has 0 aliphatic carbocycles. The van der Waals surface area contributed by atoms with Crippen molar-refractivity contribution < 1.29 is 14.6 Å². The summed E-state index contributed by atoms with van der Waals surface area (Å²) in [6.45, 7) is 0. The zero-order valence-electron chi connectivity index (χ0n) is 16.0. The van der Waals surface area contributed by atoms with Gasteiger partial charge in [-0.25, -0.2) is 0 Å². The SMILES string of the molecule is COc1cccc(NC(C(=O)/C(O)=C(/C=N)c2ccccc2)c2ccccc2)c1. The number of nitrogens with one attached hydrogen (secondary N) is 2. The van der Waals surface area contributed by atoms with Crippen molar-refractivity contribution in [1.82, 2.24) is 0 Å². The Morgan fingerprint density at radius 3 is 2.28 bits per heavy atom. The summed E-state index contributed by atoms with van der Waals surface area (Å²) >= 11 is 0. The summed E-state index contributed by atoms with van der Waals surface area (Å²) in [4.78, 5) is 13.3. The number of aliphatic hydroxyl groups is 1. The van der Waals surface area contributed by atoms with Crippen molar-refractivity contribution >= 4 is 23.3 Å². The van der Waals surface area contributed by atoms with E-state index >= 15 is 0 Å². The number of ether oxygens (including phenoxy) is 1. The fourth-order valence-electron chi connectivity index (χ4n) is 3.00. The molecule has 0 aromatic heterocycles. The number of carbonyl (C=O) groups excluding carboxylic acids is 1. The fourth-order valence-corrected chi connectivity index (χ4v) is 3.00. The van der Waals surface area contributed by atoms with Gasteiger partial charge in [0.05, 0.1) is 7.11 Å². The minimum absolute atomic E-state index is 0.170. The molecule has 0 heterocycles. The van der Waals surface area contributed by atoms with Crippen LogP contribution in [0.4, 0.5) is 5.69 Å². The van der Waals surface area contributed by atoms with Gasteiger partial charge < -0.3 is 20.6 Å². The van der Waals surface area contributed by atoms with Gasteiger partial charge in [-0.2, -0.15) is 0 Å². The number of ketones is 1. The van der Waals surface area contributed by atoms with E-state index in [9.17, 15) is 9.90 Å². The summed E-state index contributed by atoms with van der Waals surface area (Å²) in [6, 6.07) is 24.5. The Morgan fingerprint density at radius 2 is 1.66 bits per heavy atom. The van der Waals surface area contributed by atoms with Gasteiger partial charge in [0.15, 0.2) is 5.76 Å². The second kappa shape index (κ2) is 9.37. The second-order valence-electron chi connectivity index (χ2n) is 6.36. The summed E-state index contributed by atoms with van der Waals surface area (Å²) in [5.41, 5.74) is 2.14. The van der Waals surface area contributed by atoms with Gasteiger partial charge in [0.2, 0.25) is 5.78 Å². The fraction of sp³-hybridized carbons (Fsp3) is 0.0833. The summed E-state index contributed by atoms with van der Waals surface area (Å²) in [6.07, 6.45) is 0.996. The van der Waals surface area contributed by atoms with Gasteiger partial charge in [-0.3, -0.25) is 4.79 Å². The number of rotatable bonds is 8. The van der Waals surface area contributed by atoms with E-state index in [-0.39, 0.29) is 5.57 Å². The Bertz CT molecular complexity index is 1010. The number of allylic oxidation sites excluding steroid dienone is 1. The number of hydrogen-bond donors (Lipinski definition) is 3. The Kier molecular flexibility index (Phi) is 6.43. The molecule has 0 aliphatic heterocycles. The van der Waals surface area contributed by atoms with Gasteiger partial charge in [-0.1, -0.05) is 66.7 Å². The zero-order valence-corrected chi connectivity index (χ0v) is 16.0. The minimum atomic E-state index is -0.832. The Labute approximate surface area is 169 Å². The number of anilines is 1. The van der Waals surface area contributed by atoms with Crippen LogP contribution in [0.1, 0.15) is 17.2 Å². The van der Waals surface area contributed by atoms with Crippen molar-refractivity contribution in [3.8, 4) is 5.75 Å². The predicted octanol–water partition coefficient (Wildman–Crippen LogP) is 5.04. The predicted molar refractivity (Wildman–Crippen MR) is 116 cm³/mol. The Balaban J connectivity index is 2.02. The highest BCUT2D eigenvalue weighted by molar-refractivity contribution is 6.18. The number of aliphatic hydroxyl groups excluding tert-OH is 1. The summed E-state index contributed by atoms with van der Waals surface area (Å²) in [5.74, 6) is -0.338. The normalized spacial score (nSPS) is 12.4. The molecule has 0 fully saturated rings. The third-order valence-corrected chi connectivity index (χ3v) is 4.49. The van der Waals surface area contributed by atoms with Gasteiger partial charge in [0.1, 0.15) is 11.8 Å². The van der Waals surface area contributed by atoms with E-state index in [4.69, 9.17) is 10.1 Å². The maximum Gasteiger partial charge on any atom is 0.224 e. The molecule has 5 nitrogen and oxygen atoms in total. The van der Waals surface area contributed by atoms with Gasteiger partial charge in [0, 0.05) is 23.5 Å². The zero-order chi connectivity index (χ0) is 20.6. The lowest BCUT2D eigenvalue weighted by Crippen LogP contribution is -2.23. The van der Waals surface area contributed by atoms with Crippen molar-refractivity contribution in [3.05, 3.63) is 102 Å². The van der Waals surface area contributed by atoms with Crippen LogP contribution in [-0.2, 0) is 4.79 Å². The van der Waals surface area contributed by atoms with Crippen LogP contribution in [0.3, 0.4) is 0 Å². The van der Waals surface area contributed by atoms with Crippen molar-refractivity contribution in [2.24, 2.45) is 0 Å². The van der Waals surface area contributed by atoms with Crippen LogP contribution < -0.4 is 10.1 Å². The van der Waals surface area contributed by atoms with Gasteiger partial charge in [-0.15, -0.1) is 0 Å². The van der Waals surface area contributed by atoms with Gasteiger partial charge in [0.25, 0.3) is 0 Å². The molecule has 0 saturated heterocycles. The van der Waals surface area contributed by atoms with Crippen molar-refractivity contribution in [3.63, 3.8) is 0 Å². The van der Waals surface area contributed by atoms with E-state index in [1.165, 1.54) is 0 Å². The van der Waals surface area contributed by atoms with Crippen molar-refractivity contribution in [1.29, 1.82) is 5.41 Å². The lowest BCUT2D eigenvalue weighted by Gasteiger charge is -2.20. The van der Waals surface area contributed by atoms with E-state index < -0.39 is 17.6 Å². The maximum atomic E-state index is 13.3. The highest BCUT2D eigenvalue weighted by Crippen LogP contribution is 2.27. The number of Topliss-reactive ketones (excluding diaryl/α,β-unsaturated/α-hetero) is 1. The van der Waals surface area contributed by atoms with E-state index in [1.807, 2.05) is 54.6 Å². The molecule has 3 N–H and O–H groups in total. The van der Waals surface area contributed by atoms with E-state index in [1.54, 1.807) is 37.4 Å². The summed E-state index contributed by atoms with van der Waals surface area (Å²) < 4.78 is 5.25. The quantitative estimate of drug-likeness (QED) is 0.288. The molecule has 1 atom stereocenters. The highest BCUT2D eigenvalue weighted by Gasteiger charge is 2.26. The molecule has 0 aliphatic rings. The van der Waals surface area contributed by atoms with E-state index in [2.05, 4.69) is 5.32 Å². The van der Waals surface area contributed by atoms with Gasteiger partial charge >= 0.3 is 0 Å². The minimum Gasteiger partial charge on any atom is -0.504 e. The summed E-state index contributed by atoms with van der Waals surface area (Å²) in [5, 5.41) is 21.6. The molecule has 3 aromatic carbocycles.